The zero-order valence-corrected chi connectivity index (χ0v) is 17.8. The molecule has 0 saturated carbocycles. The monoisotopic (exact) mass is 400 g/mol. The second kappa shape index (κ2) is 10.3. The number of amides is 2. The van der Waals surface area contributed by atoms with Crippen LogP contribution in [-0.2, 0) is 22.6 Å². The maximum Gasteiger partial charge on any atom is 0.242 e. The first-order chi connectivity index (χ1) is 13.3. The molecule has 0 aliphatic heterocycles. The van der Waals surface area contributed by atoms with Crippen LogP contribution < -0.4 is 5.32 Å². The van der Waals surface area contributed by atoms with Crippen molar-refractivity contribution in [2.45, 2.75) is 53.1 Å². The van der Waals surface area contributed by atoms with Crippen molar-refractivity contribution in [2.24, 2.45) is 0 Å². The van der Waals surface area contributed by atoms with E-state index in [1.54, 1.807) is 17.9 Å². The van der Waals surface area contributed by atoms with Gasteiger partial charge in [0.15, 0.2) is 0 Å². The van der Waals surface area contributed by atoms with E-state index in [-0.39, 0.29) is 18.2 Å². The Bertz CT molecular complexity index is 835. The molecule has 0 bridgehead atoms. The van der Waals surface area contributed by atoms with Gasteiger partial charge in [-0.05, 0) is 55.5 Å². The van der Waals surface area contributed by atoms with E-state index in [2.05, 4.69) is 5.32 Å². The van der Waals surface area contributed by atoms with Crippen LogP contribution in [0.4, 0.5) is 0 Å². The topological polar surface area (TPSA) is 49.4 Å². The number of rotatable bonds is 8. The minimum absolute atomic E-state index is 0.0951. The molecule has 0 spiro atoms. The van der Waals surface area contributed by atoms with Gasteiger partial charge in [0.05, 0.1) is 6.42 Å². The van der Waals surface area contributed by atoms with Gasteiger partial charge in [0.1, 0.15) is 6.04 Å². The summed E-state index contributed by atoms with van der Waals surface area (Å²) in [7, 11) is 0. The van der Waals surface area contributed by atoms with E-state index in [4.69, 9.17) is 11.6 Å². The van der Waals surface area contributed by atoms with Gasteiger partial charge >= 0.3 is 0 Å². The van der Waals surface area contributed by atoms with Crippen molar-refractivity contribution in [1.29, 1.82) is 0 Å². The van der Waals surface area contributed by atoms with Crippen LogP contribution in [0.2, 0.25) is 5.02 Å². The van der Waals surface area contributed by atoms with Crippen LogP contribution in [0.25, 0.3) is 0 Å². The molecule has 150 valence electrons. The van der Waals surface area contributed by atoms with Gasteiger partial charge < -0.3 is 10.2 Å². The van der Waals surface area contributed by atoms with Crippen molar-refractivity contribution in [2.75, 3.05) is 6.54 Å². The van der Waals surface area contributed by atoms with E-state index in [0.29, 0.717) is 18.1 Å². The van der Waals surface area contributed by atoms with E-state index in [1.807, 2.05) is 57.2 Å². The molecule has 4 nitrogen and oxygen atoms in total. The summed E-state index contributed by atoms with van der Waals surface area (Å²) in [5.41, 5.74) is 4.11. The molecule has 0 unspecified atom stereocenters. The SMILES string of the molecule is CCCNC(=O)[C@H](C)N(Cc1ccccc1Cl)C(=O)Cc1ccc(C)c(C)c1. The van der Waals surface area contributed by atoms with Crippen LogP contribution in [0.5, 0.6) is 0 Å². The molecular formula is C23H29ClN2O2. The molecule has 5 heteroatoms. The number of nitrogens with zero attached hydrogens (tertiary/aromatic N) is 1. The minimum atomic E-state index is -0.582. The van der Waals surface area contributed by atoms with E-state index in [1.165, 1.54) is 5.56 Å². The summed E-state index contributed by atoms with van der Waals surface area (Å²) >= 11 is 6.30. The molecule has 2 aromatic carbocycles. The summed E-state index contributed by atoms with van der Waals surface area (Å²) in [4.78, 5) is 27.3. The number of carbonyl (C=O) groups excluding carboxylic acids is 2. The molecular weight excluding hydrogens is 372 g/mol. The molecule has 2 rings (SSSR count). The fraction of sp³-hybridized carbons (Fsp3) is 0.391. The molecule has 2 amide bonds. The minimum Gasteiger partial charge on any atom is -0.354 e. The second-order valence-electron chi connectivity index (χ2n) is 7.18. The predicted molar refractivity (Wildman–Crippen MR) is 114 cm³/mol. The summed E-state index contributed by atoms with van der Waals surface area (Å²) in [6.45, 7) is 8.73. The Morgan fingerprint density at radius 2 is 1.82 bits per heavy atom. The molecule has 0 radical (unpaired) electrons. The second-order valence-corrected chi connectivity index (χ2v) is 7.58. The lowest BCUT2D eigenvalue weighted by atomic mass is 10.0. The Morgan fingerprint density at radius 3 is 2.46 bits per heavy atom. The molecule has 0 saturated heterocycles. The fourth-order valence-corrected chi connectivity index (χ4v) is 3.17. The lowest BCUT2D eigenvalue weighted by Gasteiger charge is -2.29. The number of carbonyl (C=O) groups is 2. The Kier molecular flexibility index (Phi) is 8.06. The highest BCUT2D eigenvalue weighted by Crippen LogP contribution is 2.20. The molecule has 0 fully saturated rings. The summed E-state index contributed by atoms with van der Waals surface area (Å²) in [5.74, 6) is -0.246. The van der Waals surface area contributed by atoms with Crippen LogP contribution in [-0.4, -0.2) is 29.3 Å². The summed E-state index contributed by atoms with van der Waals surface area (Å²) in [5, 5.41) is 3.47. The standard InChI is InChI=1S/C23H29ClN2O2/c1-5-12-25-23(28)18(4)26(15-20-8-6-7-9-21(20)24)22(27)14-19-11-10-16(2)17(3)13-19/h6-11,13,18H,5,12,14-15H2,1-4H3,(H,25,28)/t18-/m0/s1. The summed E-state index contributed by atoms with van der Waals surface area (Å²) < 4.78 is 0. The van der Waals surface area contributed by atoms with E-state index < -0.39 is 6.04 Å². The van der Waals surface area contributed by atoms with E-state index in [0.717, 1.165) is 23.1 Å². The maximum atomic E-state index is 13.1. The quantitative estimate of drug-likeness (QED) is 0.711. The number of aryl methyl sites for hydroxylation is 2. The van der Waals surface area contributed by atoms with Crippen molar-refractivity contribution >= 4 is 23.4 Å². The Hall–Kier alpha value is -2.33. The van der Waals surface area contributed by atoms with Gasteiger partial charge in [-0.3, -0.25) is 9.59 Å². The number of nitrogens with one attached hydrogen (secondary N) is 1. The number of halogens is 1. The Balaban J connectivity index is 2.25. The average molecular weight is 401 g/mol. The van der Waals surface area contributed by atoms with Crippen LogP contribution >= 0.6 is 11.6 Å². The van der Waals surface area contributed by atoms with Gasteiger partial charge in [0.2, 0.25) is 11.8 Å². The normalized spacial score (nSPS) is 11.8. The first-order valence-corrected chi connectivity index (χ1v) is 10.1. The Morgan fingerprint density at radius 1 is 1.11 bits per heavy atom. The zero-order chi connectivity index (χ0) is 20.7. The number of hydrogen-bond donors (Lipinski definition) is 1. The predicted octanol–water partition coefficient (Wildman–Crippen LogP) is 4.44. The molecule has 0 aliphatic rings. The van der Waals surface area contributed by atoms with Crippen molar-refractivity contribution in [3.05, 3.63) is 69.7 Å². The van der Waals surface area contributed by atoms with Crippen LogP contribution in [0.1, 0.15) is 42.5 Å². The molecule has 1 atom stereocenters. The fourth-order valence-electron chi connectivity index (χ4n) is 2.98. The molecule has 28 heavy (non-hydrogen) atoms. The third kappa shape index (κ3) is 5.83. The van der Waals surface area contributed by atoms with E-state index >= 15 is 0 Å². The van der Waals surface area contributed by atoms with Crippen molar-refractivity contribution in [1.82, 2.24) is 10.2 Å². The highest BCUT2D eigenvalue weighted by molar-refractivity contribution is 6.31. The molecule has 0 aromatic heterocycles. The molecule has 0 heterocycles. The summed E-state index contributed by atoms with van der Waals surface area (Å²) in [6.07, 6.45) is 1.09. The largest absolute Gasteiger partial charge is 0.354 e. The first kappa shape index (κ1) is 22.0. The maximum absolute atomic E-state index is 13.1. The van der Waals surface area contributed by atoms with Gasteiger partial charge in [-0.1, -0.05) is 54.9 Å². The third-order valence-electron chi connectivity index (χ3n) is 4.94. The number of hydrogen-bond acceptors (Lipinski definition) is 2. The van der Waals surface area contributed by atoms with Crippen molar-refractivity contribution < 1.29 is 9.59 Å². The van der Waals surface area contributed by atoms with Gasteiger partial charge in [-0.2, -0.15) is 0 Å². The van der Waals surface area contributed by atoms with Crippen LogP contribution in [0.3, 0.4) is 0 Å². The first-order valence-electron chi connectivity index (χ1n) is 9.70. The van der Waals surface area contributed by atoms with Crippen LogP contribution in [0.15, 0.2) is 42.5 Å². The van der Waals surface area contributed by atoms with Gasteiger partial charge in [-0.15, -0.1) is 0 Å². The highest BCUT2D eigenvalue weighted by atomic mass is 35.5. The van der Waals surface area contributed by atoms with Gasteiger partial charge in [0, 0.05) is 18.1 Å². The smallest absolute Gasteiger partial charge is 0.242 e. The van der Waals surface area contributed by atoms with E-state index in [9.17, 15) is 9.59 Å². The van der Waals surface area contributed by atoms with Gasteiger partial charge in [0.25, 0.3) is 0 Å². The lowest BCUT2D eigenvalue weighted by molar-refractivity contribution is -0.140. The summed E-state index contributed by atoms with van der Waals surface area (Å²) in [6, 6.07) is 12.9. The molecule has 1 N–H and O–H groups in total. The molecule has 0 aliphatic carbocycles. The average Bonchev–Trinajstić information content (AvgIpc) is 2.67. The zero-order valence-electron chi connectivity index (χ0n) is 17.1. The third-order valence-corrected chi connectivity index (χ3v) is 5.31. The number of benzene rings is 2. The van der Waals surface area contributed by atoms with Gasteiger partial charge in [-0.25, -0.2) is 0 Å². The van der Waals surface area contributed by atoms with Crippen LogP contribution in [0, 0.1) is 13.8 Å². The van der Waals surface area contributed by atoms with Crippen molar-refractivity contribution in [3.63, 3.8) is 0 Å². The van der Waals surface area contributed by atoms with Crippen molar-refractivity contribution in [3.8, 4) is 0 Å². The lowest BCUT2D eigenvalue weighted by Crippen LogP contribution is -2.48. The Labute approximate surface area is 172 Å². The molecule has 2 aromatic rings. The highest BCUT2D eigenvalue weighted by Gasteiger charge is 2.26.